The maximum absolute atomic E-state index is 11.0. The summed E-state index contributed by atoms with van der Waals surface area (Å²) in [5, 5.41) is 9.05. The molecule has 2 atom stereocenters. The van der Waals surface area contributed by atoms with Crippen LogP contribution in [-0.4, -0.2) is 42.7 Å². The first-order chi connectivity index (χ1) is 9.15. The fourth-order valence-corrected chi connectivity index (χ4v) is 2.59. The molecule has 0 unspecified atom stereocenters. The van der Waals surface area contributed by atoms with E-state index in [9.17, 15) is 4.79 Å². The predicted octanol–water partition coefficient (Wildman–Crippen LogP) is 1.10. The lowest BCUT2D eigenvalue weighted by atomic mass is 10.1. The van der Waals surface area contributed by atoms with Gasteiger partial charge in [-0.25, -0.2) is 0 Å². The second-order valence-corrected chi connectivity index (χ2v) is 4.84. The van der Waals surface area contributed by atoms with Crippen molar-refractivity contribution in [3.63, 3.8) is 0 Å². The van der Waals surface area contributed by atoms with E-state index in [0.717, 1.165) is 17.9 Å². The molecule has 0 aromatic heterocycles. The van der Waals surface area contributed by atoms with E-state index in [4.69, 9.17) is 15.6 Å². The highest BCUT2D eigenvalue weighted by molar-refractivity contribution is 5.70. The van der Waals surface area contributed by atoms with Crippen LogP contribution in [-0.2, 0) is 4.79 Å². The van der Waals surface area contributed by atoms with E-state index in [1.54, 1.807) is 7.11 Å². The predicted molar refractivity (Wildman–Crippen MR) is 72.1 cm³/mol. The first kappa shape index (κ1) is 13.8. The number of carbonyl (C=O) groups is 1. The van der Waals surface area contributed by atoms with Crippen LogP contribution in [0.15, 0.2) is 24.3 Å². The van der Waals surface area contributed by atoms with Gasteiger partial charge in [0.05, 0.1) is 13.0 Å². The summed E-state index contributed by atoms with van der Waals surface area (Å²) >= 11 is 0. The van der Waals surface area contributed by atoms with Crippen LogP contribution in [0.2, 0.25) is 0 Å². The van der Waals surface area contributed by atoms with Gasteiger partial charge in [0, 0.05) is 19.1 Å². The summed E-state index contributed by atoms with van der Waals surface area (Å²) in [5.74, 6) is -0.176. The van der Waals surface area contributed by atoms with E-state index in [1.165, 1.54) is 0 Å². The van der Waals surface area contributed by atoms with Crippen molar-refractivity contribution < 1.29 is 14.6 Å². The highest BCUT2D eigenvalue weighted by atomic mass is 16.5. The van der Waals surface area contributed by atoms with Gasteiger partial charge in [0.2, 0.25) is 0 Å². The fraction of sp³-hybridized carbons (Fsp3) is 0.500. The van der Waals surface area contributed by atoms with Gasteiger partial charge in [-0.2, -0.15) is 0 Å². The Balaban J connectivity index is 2.09. The first-order valence-corrected chi connectivity index (χ1v) is 6.46. The van der Waals surface area contributed by atoms with Gasteiger partial charge in [-0.1, -0.05) is 12.1 Å². The average molecular weight is 264 g/mol. The summed E-state index contributed by atoms with van der Waals surface area (Å²) in [6.07, 6.45) is 0.696. The average Bonchev–Trinajstić information content (AvgIpc) is 2.90. The highest BCUT2D eigenvalue weighted by Gasteiger charge is 2.32. The number of nitrogens with zero attached hydrogens (tertiary/aromatic N) is 1. The molecule has 19 heavy (non-hydrogen) atoms. The maximum atomic E-state index is 11.0. The summed E-state index contributed by atoms with van der Waals surface area (Å²) in [4.78, 5) is 13.2. The second-order valence-electron chi connectivity index (χ2n) is 4.84. The van der Waals surface area contributed by atoms with Crippen LogP contribution in [0.25, 0.3) is 0 Å². The lowest BCUT2D eigenvalue weighted by molar-refractivity contribution is -0.141. The molecule has 5 heteroatoms. The highest BCUT2D eigenvalue weighted by Crippen LogP contribution is 2.28. The minimum absolute atomic E-state index is 0.0789. The second kappa shape index (κ2) is 6.04. The van der Waals surface area contributed by atoms with Gasteiger partial charge in [-0.3, -0.25) is 9.69 Å². The van der Waals surface area contributed by atoms with Crippen molar-refractivity contribution in [1.29, 1.82) is 0 Å². The van der Waals surface area contributed by atoms with Crippen LogP contribution < -0.4 is 10.5 Å². The van der Waals surface area contributed by atoms with Crippen molar-refractivity contribution >= 4 is 5.97 Å². The number of benzene rings is 1. The normalized spacial score (nSPS) is 21.3. The quantitative estimate of drug-likeness (QED) is 0.833. The van der Waals surface area contributed by atoms with E-state index < -0.39 is 5.97 Å². The molecule has 2 rings (SSSR count). The van der Waals surface area contributed by atoms with Crippen LogP contribution in [0.4, 0.5) is 0 Å². The summed E-state index contributed by atoms with van der Waals surface area (Å²) in [6, 6.07) is 7.87. The summed E-state index contributed by atoms with van der Waals surface area (Å²) in [5.41, 5.74) is 6.96. The van der Waals surface area contributed by atoms with E-state index in [-0.39, 0.29) is 12.0 Å². The van der Waals surface area contributed by atoms with Gasteiger partial charge >= 0.3 is 5.97 Å². The number of carboxylic acids is 1. The van der Waals surface area contributed by atoms with Gasteiger partial charge in [-0.15, -0.1) is 0 Å². The minimum Gasteiger partial charge on any atom is -0.497 e. The van der Waals surface area contributed by atoms with Crippen LogP contribution in [0, 0.1) is 5.92 Å². The number of nitrogens with two attached hydrogens (primary N) is 1. The molecule has 1 aliphatic rings. The Morgan fingerprint density at radius 3 is 2.68 bits per heavy atom. The van der Waals surface area contributed by atoms with E-state index in [1.807, 2.05) is 24.3 Å². The Kier molecular flexibility index (Phi) is 4.39. The number of aliphatic carboxylic acids is 1. The van der Waals surface area contributed by atoms with Gasteiger partial charge < -0.3 is 15.6 Å². The maximum Gasteiger partial charge on any atom is 0.307 e. The molecule has 1 aliphatic heterocycles. The van der Waals surface area contributed by atoms with Crippen molar-refractivity contribution in [3.05, 3.63) is 29.8 Å². The van der Waals surface area contributed by atoms with E-state index in [2.05, 4.69) is 4.90 Å². The van der Waals surface area contributed by atoms with Crippen LogP contribution in [0.3, 0.4) is 0 Å². The van der Waals surface area contributed by atoms with Gasteiger partial charge in [0.1, 0.15) is 5.75 Å². The number of ether oxygens (including phenoxy) is 1. The zero-order chi connectivity index (χ0) is 13.8. The number of likely N-dealkylation sites (tertiary alicyclic amines) is 1. The minimum atomic E-state index is -0.715. The molecule has 0 radical (unpaired) electrons. The number of carboxylic acid groups (broad SMARTS) is 1. The molecule has 0 spiro atoms. The molecular formula is C14H20N2O3. The molecule has 1 saturated heterocycles. The molecule has 1 aromatic rings. The van der Waals surface area contributed by atoms with Gasteiger partial charge in [0.15, 0.2) is 0 Å². The Morgan fingerprint density at radius 2 is 2.21 bits per heavy atom. The lowest BCUT2D eigenvalue weighted by Gasteiger charge is -2.27. The van der Waals surface area contributed by atoms with Crippen molar-refractivity contribution in [3.8, 4) is 5.75 Å². The number of hydrogen-bond donors (Lipinski definition) is 2. The van der Waals surface area contributed by atoms with E-state index >= 15 is 0 Å². The molecule has 0 aliphatic carbocycles. The number of hydrogen-bond acceptors (Lipinski definition) is 4. The molecule has 5 nitrogen and oxygen atoms in total. The van der Waals surface area contributed by atoms with Crippen LogP contribution in [0.1, 0.15) is 18.0 Å². The Hall–Kier alpha value is -1.59. The monoisotopic (exact) mass is 264 g/mol. The standard InChI is InChI=1S/C14H20N2O3/c1-19-12-4-2-10(3-5-12)13(8-15)16-7-6-11(9-16)14(17)18/h2-5,11,13H,6-9,15H2,1H3,(H,17,18)/t11-,13-/m0/s1. The Labute approximate surface area is 113 Å². The number of methoxy groups -OCH3 is 1. The van der Waals surface area contributed by atoms with Crippen molar-refractivity contribution in [2.45, 2.75) is 12.5 Å². The molecule has 104 valence electrons. The third-order valence-corrected chi connectivity index (χ3v) is 3.73. The van der Waals surface area contributed by atoms with Crippen molar-refractivity contribution in [2.24, 2.45) is 11.7 Å². The summed E-state index contributed by atoms with van der Waals surface area (Å²) < 4.78 is 5.13. The molecule has 1 aromatic carbocycles. The zero-order valence-corrected chi connectivity index (χ0v) is 11.1. The fourth-order valence-electron chi connectivity index (χ4n) is 2.59. The van der Waals surface area contributed by atoms with Crippen LogP contribution in [0.5, 0.6) is 5.75 Å². The van der Waals surface area contributed by atoms with Crippen LogP contribution >= 0.6 is 0 Å². The molecule has 3 N–H and O–H groups in total. The SMILES string of the molecule is COc1ccc([C@H](CN)N2CC[C@H](C(=O)O)C2)cc1. The molecule has 0 amide bonds. The Bertz CT molecular complexity index is 433. The summed E-state index contributed by atoms with van der Waals surface area (Å²) in [6.45, 7) is 1.84. The summed E-state index contributed by atoms with van der Waals surface area (Å²) in [7, 11) is 1.63. The topological polar surface area (TPSA) is 75.8 Å². The largest absolute Gasteiger partial charge is 0.497 e. The zero-order valence-electron chi connectivity index (χ0n) is 11.1. The molecular weight excluding hydrogens is 244 g/mol. The number of rotatable bonds is 5. The van der Waals surface area contributed by atoms with Gasteiger partial charge in [-0.05, 0) is 30.7 Å². The van der Waals surface area contributed by atoms with Crippen molar-refractivity contribution in [1.82, 2.24) is 4.90 Å². The molecule has 0 bridgehead atoms. The smallest absolute Gasteiger partial charge is 0.307 e. The molecule has 1 heterocycles. The third-order valence-electron chi connectivity index (χ3n) is 3.73. The molecule has 1 fully saturated rings. The van der Waals surface area contributed by atoms with E-state index in [0.29, 0.717) is 19.5 Å². The van der Waals surface area contributed by atoms with Crippen molar-refractivity contribution in [2.75, 3.05) is 26.7 Å². The third kappa shape index (κ3) is 3.05. The molecule has 0 saturated carbocycles. The lowest BCUT2D eigenvalue weighted by Crippen LogP contribution is -2.32. The first-order valence-electron chi connectivity index (χ1n) is 6.46. The Morgan fingerprint density at radius 1 is 1.53 bits per heavy atom. The van der Waals surface area contributed by atoms with Gasteiger partial charge in [0.25, 0.3) is 0 Å².